The van der Waals surface area contributed by atoms with Gasteiger partial charge in [-0.1, -0.05) is 43.8 Å². The molecule has 4 nitrogen and oxygen atoms in total. The molecule has 20 heavy (non-hydrogen) atoms. The molecule has 0 aromatic heterocycles. The second-order valence-electron chi connectivity index (χ2n) is 4.85. The van der Waals surface area contributed by atoms with Crippen LogP contribution in [0.1, 0.15) is 18.9 Å². The molecular formula is C15H21NO3S. The fraction of sp³-hybridized carbons (Fsp3) is 0.400. The lowest BCUT2D eigenvalue weighted by molar-refractivity contribution is -0.125. The van der Waals surface area contributed by atoms with Crippen molar-refractivity contribution in [3.63, 3.8) is 0 Å². The molecule has 0 aliphatic heterocycles. The van der Waals surface area contributed by atoms with Gasteiger partial charge in [0.25, 0.3) is 0 Å². The van der Waals surface area contributed by atoms with Crippen molar-refractivity contribution in [2.24, 2.45) is 0 Å². The van der Waals surface area contributed by atoms with Gasteiger partial charge in [-0.2, -0.15) is 0 Å². The minimum atomic E-state index is -3.37. The highest BCUT2D eigenvalue weighted by molar-refractivity contribution is 7.90. The summed E-state index contributed by atoms with van der Waals surface area (Å²) in [6, 6.07) is 8.93. The monoisotopic (exact) mass is 295 g/mol. The van der Waals surface area contributed by atoms with E-state index in [1.165, 1.54) is 4.90 Å². The second kappa shape index (κ2) is 7.24. The molecule has 0 aliphatic rings. The van der Waals surface area contributed by atoms with Crippen molar-refractivity contribution >= 4 is 15.7 Å². The van der Waals surface area contributed by atoms with E-state index in [0.29, 0.717) is 6.54 Å². The largest absolute Gasteiger partial charge is 0.342 e. The van der Waals surface area contributed by atoms with Gasteiger partial charge in [-0.05, 0) is 12.0 Å². The normalized spacial score (nSPS) is 11.1. The highest BCUT2D eigenvalue weighted by Gasteiger charge is 2.20. The number of benzene rings is 1. The Hall–Kier alpha value is -1.62. The van der Waals surface area contributed by atoms with Crippen LogP contribution in [0.25, 0.3) is 0 Å². The highest BCUT2D eigenvalue weighted by atomic mass is 32.2. The first kappa shape index (κ1) is 16.4. The zero-order valence-corrected chi connectivity index (χ0v) is 12.8. The summed E-state index contributed by atoms with van der Waals surface area (Å²) >= 11 is 0. The number of sulfone groups is 1. The molecule has 1 aromatic rings. The Kier molecular flexibility index (Phi) is 5.95. The number of carbonyl (C=O) groups excluding carboxylic acids is 1. The first-order valence-corrected chi connectivity index (χ1v) is 8.35. The van der Waals surface area contributed by atoms with Gasteiger partial charge in [0.2, 0.25) is 5.91 Å². The molecule has 1 aromatic carbocycles. The number of hydrogen-bond acceptors (Lipinski definition) is 3. The standard InChI is InChI=1S/C15H21NO3S/c1-4-10-16(3)15(17)13(2)11-20(18,19)12-14-8-6-5-7-9-14/h5-9H,2,4,10-12H2,1,3H3. The average molecular weight is 295 g/mol. The van der Waals surface area contributed by atoms with Crippen LogP contribution in [0.5, 0.6) is 0 Å². The fourth-order valence-corrected chi connectivity index (χ4v) is 3.37. The summed E-state index contributed by atoms with van der Waals surface area (Å²) in [4.78, 5) is 13.4. The molecule has 0 saturated carbocycles. The van der Waals surface area contributed by atoms with E-state index in [2.05, 4.69) is 6.58 Å². The van der Waals surface area contributed by atoms with E-state index in [4.69, 9.17) is 0 Å². The fourth-order valence-electron chi connectivity index (χ4n) is 1.91. The lowest BCUT2D eigenvalue weighted by Gasteiger charge is -2.17. The molecular weight excluding hydrogens is 274 g/mol. The molecule has 0 fully saturated rings. The molecule has 0 atom stereocenters. The van der Waals surface area contributed by atoms with E-state index in [9.17, 15) is 13.2 Å². The Balaban J connectivity index is 2.67. The predicted octanol–water partition coefficient (Wildman–Crippen LogP) is 2.03. The van der Waals surface area contributed by atoms with Crippen molar-refractivity contribution in [1.82, 2.24) is 4.90 Å². The molecule has 0 heterocycles. The van der Waals surface area contributed by atoms with Crippen LogP contribution >= 0.6 is 0 Å². The number of amides is 1. The van der Waals surface area contributed by atoms with E-state index in [0.717, 1.165) is 12.0 Å². The SMILES string of the molecule is C=C(CS(=O)(=O)Cc1ccccc1)C(=O)N(C)CCC. The van der Waals surface area contributed by atoms with Gasteiger partial charge in [0.15, 0.2) is 9.84 Å². The van der Waals surface area contributed by atoms with Crippen LogP contribution in [0.4, 0.5) is 0 Å². The number of nitrogens with zero attached hydrogens (tertiary/aromatic N) is 1. The van der Waals surface area contributed by atoms with Gasteiger partial charge < -0.3 is 4.90 Å². The molecule has 1 rings (SSSR count). The second-order valence-corrected chi connectivity index (χ2v) is 6.91. The molecule has 1 amide bonds. The molecule has 5 heteroatoms. The third-order valence-electron chi connectivity index (χ3n) is 2.83. The third-order valence-corrected chi connectivity index (χ3v) is 4.39. The minimum absolute atomic E-state index is 0.0718. The van der Waals surface area contributed by atoms with Gasteiger partial charge in [-0.3, -0.25) is 4.79 Å². The van der Waals surface area contributed by atoms with Crippen LogP contribution in [0.15, 0.2) is 42.5 Å². The van der Waals surface area contributed by atoms with Crippen molar-refractivity contribution < 1.29 is 13.2 Å². The van der Waals surface area contributed by atoms with E-state index < -0.39 is 9.84 Å². The quantitative estimate of drug-likeness (QED) is 0.723. The Morgan fingerprint density at radius 3 is 2.40 bits per heavy atom. The van der Waals surface area contributed by atoms with Crippen LogP contribution in [-0.2, 0) is 20.4 Å². The number of likely N-dealkylation sites (N-methyl/N-ethyl adjacent to an activating group) is 1. The molecule has 0 saturated heterocycles. The van der Waals surface area contributed by atoms with Crippen molar-refractivity contribution in [2.45, 2.75) is 19.1 Å². The zero-order valence-electron chi connectivity index (χ0n) is 12.0. The smallest absolute Gasteiger partial charge is 0.249 e. The molecule has 110 valence electrons. The van der Waals surface area contributed by atoms with Crippen LogP contribution in [0, 0.1) is 0 Å². The predicted molar refractivity (Wildman–Crippen MR) is 81.0 cm³/mol. The molecule has 0 N–H and O–H groups in total. The topological polar surface area (TPSA) is 54.5 Å². The van der Waals surface area contributed by atoms with Gasteiger partial charge in [0.1, 0.15) is 0 Å². The number of hydrogen-bond donors (Lipinski definition) is 0. The molecule has 0 unspecified atom stereocenters. The zero-order chi connectivity index (χ0) is 15.2. The Labute approximate surface area is 121 Å². The van der Waals surface area contributed by atoms with E-state index in [1.54, 1.807) is 31.3 Å². The maximum Gasteiger partial charge on any atom is 0.249 e. The molecule has 0 aliphatic carbocycles. The van der Waals surface area contributed by atoms with Crippen LogP contribution in [-0.4, -0.2) is 38.6 Å². The van der Waals surface area contributed by atoms with Crippen molar-refractivity contribution in [1.29, 1.82) is 0 Å². The lowest BCUT2D eigenvalue weighted by atomic mass is 10.2. The van der Waals surface area contributed by atoms with Gasteiger partial charge in [0.05, 0.1) is 11.5 Å². The summed E-state index contributed by atoms with van der Waals surface area (Å²) in [5.74, 6) is -0.671. The minimum Gasteiger partial charge on any atom is -0.342 e. The Bertz CT molecular complexity index is 564. The Morgan fingerprint density at radius 1 is 1.25 bits per heavy atom. The van der Waals surface area contributed by atoms with Crippen molar-refractivity contribution in [3.8, 4) is 0 Å². The van der Waals surface area contributed by atoms with Crippen LogP contribution < -0.4 is 0 Å². The van der Waals surface area contributed by atoms with Gasteiger partial charge in [-0.15, -0.1) is 0 Å². The third kappa shape index (κ3) is 5.17. The first-order chi connectivity index (χ1) is 9.35. The summed E-state index contributed by atoms with van der Waals surface area (Å²) in [6.45, 7) is 6.17. The van der Waals surface area contributed by atoms with E-state index >= 15 is 0 Å². The summed E-state index contributed by atoms with van der Waals surface area (Å²) in [7, 11) is -1.72. The maximum atomic E-state index is 12.1. The van der Waals surface area contributed by atoms with E-state index in [1.807, 2.05) is 13.0 Å². The van der Waals surface area contributed by atoms with Crippen molar-refractivity contribution in [2.75, 3.05) is 19.3 Å². The summed E-state index contributed by atoms with van der Waals surface area (Å²) in [5, 5.41) is 0. The number of carbonyl (C=O) groups is 1. The van der Waals surface area contributed by atoms with Gasteiger partial charge in [0, 0.05) is 19.2 Å². The van der Waals surface area contributed by atoms with Crippen LogP contribution in [0.3, 0.4) is 0 Å². The maximum absolute atomic E-state index is 12.1. The molecule has 0 radical (unpaired) electrons. The van der Waals surface area contributed by atoms with Gasteiger partial charge >= 0.3 is 0 Å². The lowest BCUT2D eigenvalue weighted by Crippen LogP contribution is -2.31. The first-order valence-electron chi connectivity index (χ1n) is 6.53. The van der Waals surface area contributed by atoms with Crippen molar-refractivity contribution in [3.05, 3.63) is 48.0 Å². The average Bonchev–Trinajstić information content (AvgIpc) is 2.38. The molecule has 0 bridgehead atoms. The summed E-state index contributed by atoms with van der Waals surface area (Å²) < 4.78 is 24.1. The Morgan fingerprint density at radius 2 is 1.85 bits per heavy atom. The molecule has 0 spiro atoms. The van der Waals surface area contributed by atoms with Crippen LogP contribution in [0.2, 0.25) is 0 Å². The van der Waals surface area contributed by atoms with Gasteiger partial charge in [-0.25, -0.2) is 8.42 Å². The summed E-state index contributed by atoms with van der Waals surface area (Å²) in [5.41, 5.74) is 0.839. The summed E-state index contributed by atoms with van der Waals surface area (Å²) in [6.07, 6.45) is 0.826. The highest BCUT2D eigenvalue weighted by Crippen LogP contribution is 2.10. The van der Waals surface area contributed by atoms with E-state index in [-0.39, 0.29) is 23.0 Å². The number of rotatable bonds is 7.